The number of halogens is 1. The molecule has 0 saturated carbocycles. The molecular weight excluding hydrogens is 243 g/mol. The minimum atomic E-state index is -0.349. The first-order valence-electron chi connectivity index (χ1n) is 6.11. The first-order chi connectivity index (χ1) is 9.16. The molecule has 1 amide bonds. The summed E-state index contributed by atoms with van der Waals surface area (Å²) in [7, 11) is 0. The van der Waals surface area contributed by atoms with Crippen LogP contribution in [0.4, 0.5) is 15.8 Å². The van der Waals surface area contributed by atoms with E-state index in [2.05, 4.69) is 0 Å². The van der Waals surface area contributed by atoms with Crippen LogP contribution in [-0.4, -0.2) is 12.5 Å². The Bertz CT molecular complexity index is 637. The molecule has 0 radical (unpaired) electrons. The van der Waals surface area contributed by atoms with Crippen LogP contribution < -0.4 is 10.6 Å². The van der Waals surface area contributed by atoms with Gasteiger partial charge in [0.05, 0.1) is 11.4 Å². The van der Waals surface area contributed by atoms with Crippen molar-refractivity contribution in [2.75, 3.05) is 17.2 Å². The van der Waals surface area contributed by atoms with E-state index in [4.69, 9.17) is 5.73 Å². The summed E-state index contributed by atoms with van der Waals surface area (Å²) in [5.74, 6) is -0.491. The summed E-state index contributed by atoms with van der Waals surface area (Å²) in [4.78, 5) is 14.1. The van der Waals surface area contributed by atoms with Gasteiger partial charge in [-0.15, -0.1) is 0 Å². The van der Waals surface area contributed by atoms with Gasteiger partial charge in [-0.3, -0.25) is 4.79 Å². The number of para-hydroxylation sites is 1. The number of fused-ring (bicyclic) bond motifs is 1. The summed E-state index contributed by atoms with van der Waals surface area (Å²) in [5.41, 5.74) is 8.89. The third-order valence-corrected chi connectivity index (χ3v) is 3.36. The Labute approximate surface area is 110 Å². The molecule has 2 N–H and O–H groups in total. The number of hydrogen-bond acceptors (Lipinski definition) is 2. The number of nitrogens with two attached hydrogens (primary N) is 1. The largest absolute Gasteiger partial charge is 0.397 e. The van der Waals surface area contributed by atoms with E-state index >= 15 is 0 Å². The summed E-state index contributed by atoms with van der Waals surface area (Å²) in [6.07, 6.45) is 0.799. The molecule has 1 heterocycles. The zero-order valence-electron chi connectivity index (χ0n) is 10.3. The maximum absolute atomic E-state index is 12.9. The van der Waals surface area contributed by atoms with Crippen LogP contribution in [0.1, 0.15) is 15.9 Å². The zero-order chi connectivity index (χ0) is 13.4. The van der Waals surface area contributed by atoms with Crippen LogP contribution in [0.2, 0.25) is 0 Å². The van der Waals surface area contributed by atoms with Crippen molar-refractivity contribution in [2.24, 2.45) is 0 Å². The van der Waals surface area contributed by atoms with Crippen molar-refractivity contribution in [1.29, 1.82) is 0 Å². The Hall–Kier alpha value is -2.36. The van der Waals surface area contributed by atoms with Crippen LogP contribution in [0.25, 0.3) is 0 Å². The van der Waals surface area contributed by atoms with Gasteiger partial charge in [0, 0.05) is 12.1 Å². The average molecular weight is 256 g/mol. The second kappa shape index (κ2) is 4.39. The lowest BCUT2D eigenvalue weighted by Gasteiger charge is -2.19. The van der Waals surface area contributed by atoms with Crippen LogP contribution in [0, 0.1) is 5.82 Å². The van der Waals surface area contributed by atoms with E-state index < -0.39 is 0 Å². The average Bonchev–Trinajstić information content (AvgIpc) is 2.84. The predicted octanol–water partition coefficient (Wildman–Crippen LogP) is 2.61. The maximum atomic E-state index is 12.9. The summed E-state index contributed by atoms with van der Waals surface area (Å²) >= 11 is 0. The van der Waals surface area contributed by atoms with Crippen molar-refractivity contribution < 1.29 is 9.18 Å². The molecule has 0 bridgehead atoms. The summed E-state index contributed by atoms with van der Waals surface area (Å²) in [5, 5.41) is 0. The quantitative estimate of drug-likeness (QED) is 0.797. The lowest BCUT2D eigenvalue weighted by Crippen LogP contribution is -2.29. The van der Waals surface area contributed by atoms with Gasteiger partial charge in [0.2, 0.25) is 0 Å². The number of carbonyl (C=O) groups is 1. The van der Waals surface area contributed by atoms with Gasteiger partial charge >= 0.3 is 0 Å². The smallest absolute Gasteiger partial charge is 0.258 e. The van der Waals surface area contributed by atoms with Crippen molar-refractivity contribution in [3.8, 4) is 0 Å². The number of benzene rings is 2. The normalized spacial score (nSPS) is 13.4. The van der Waals surface area contributed by atoms with E-state index in [1.807, 2.05) is 12.1 Å². The number of hydrogen-bond donors (Lipinski definition) is 1. The number of rotatable bonds is 1. The fourth-order valence-corrected chi connectivity index (χ4v) is 2.44. The molecule has 0 saturated heterocycles. The Balaban J connectivity index is 1.98. The summed E-state index contributed by atoms with van der Waals surface area (Å²) < 4.78 is 12.9. The molecule has 0 aliphatic carbocycles. The van der Waals surface area contributed by atoms with Gasteiger partial charge in [0.25, 0.3) is 5.91 Å². The van der Waals surface area contributed by atoms with Crippen LogP contribution in [0.5, 0.6) is 0 Å². The van der Waals surface area contributed by atoms with Gasteiger partial charge in [-0.25, -0.2) is 4.39 Å². The molecule has 0 fully saturated rings. The third-order valence-electron chi connectivity index (χ3n) is 3.36. The molecule has 0 aromatic heterocycles. The minimum absolute atomic E-state index is 0.142. The Morgan fingerprint density at radius 2 is 1.89 bits per heavy atom. The molecule has 19 heavy (non-hydrogen) atoms. The minimum Gasteiger partial charge on any atom is -0.397 e. The van der Waals surface area contributed by atoms with E-state index in [0.29, 0.717) is 17.8 Å². The molecule has 3 nitrogen and oxygen atoms in total. The van der Waals surface area contributed by atoms with Gasteiger partial charge in [0.1, 0.15) is 5.82 Å². The van der Waals surface area contributed by atoms with E-state index in [0.717, 1.165) is 17.7 Å². The van der Waals surface area contributed by atoms with Crippen molar-refractivity contribution in [1.82, 2.24) is 0 Å². The third kappa shape index (κ3) is 1.95. The standard InChI is InChI=1S/C15H13FN2O/c16-12-6-4-11(5-7-12)15(19)18-9-8-10-2-1-3-13(17)14(10)18/h1-7H,8-9,17H2. The fourth-order valence-electron chi connectivity index (χ4n) is 2.44. The molecule has 2 aromatic rings. The number of carbonyl (C=O) groups excluding carboxylic acids is 1. The molecule has 4 heteroatoms. The van der Waals surface area contributed by atoms with Crippen LogP contribution in [0.3, 0.4) is 0 Å². The van der Waals surface area contributed by atoms with Crippen molar-refractivity contribution >= 4 is 17.3 Å². The first-order valence-corrected chi connectivity index (χ1v) is 6.11. The predicted molar refractivity (Wildman–Crippen MR) is 72.6 cm³/mol. The van der Waals surface area contributed by atoms with E-state index in [9.17, 15) is 9.18 Å². The van der Waals surface area contributed by atoms with Crippen LogP contribution >= 0.6 is 0 Å². The monoisotopic (exact) mass is 256 g/mol. The Kier molecular flexibility index (Phi) is 2.71. The molecule has 0 unspecified atom stereocenters. The highest BCUT2D eigenvalue weighted by Gasteiger charge is 2.27. The molecule has 3 rings (SSSR count). The van der Waals surface area contributed by atoms with Gasteiger partial charge < -0.3 is 10.6 Å². The molecule has 96 valence electrons. The fraction of sp³-hybridized carbons (Fsp3) is 0.133. The Morgan fingerprint density at radius 1 is 1.16 bits per heavy atom. The second-order valence-electron chi connectivity index (χ2n) is 4.57. The lowest BCUT2D eigenvalue weighted by molar-refractivity contribution is 0.0989. The highest BCUT2D eigenvalue weighted by atomic mass is 19.1. The van der Waals surface area contributed by atoms with Crippen LogP contribution in [0.15, 0.2) is 42.5 Å². The van der Waals surface area contributed by atoms with Crippen molar-refractivity contribution in [3.05, 3.63) is 59.4 Å². The second-order valence-corrected chi connectivity index (χ2v) is 4.57. The molecule has 0 spiro atoms. The van der Waals surface area contributed by atoms with Gasteiger partial charge in [-0.2, -0.15) is 0 Å². The van der Waals surface area contributed by atoms with Crippen LogP contribution in [-0.2, 0) is 6.42 Å². The maximum Gasteiger partial charge on any atom is 0.258 e. The highest BCUT2D eigenvalue weighted by molar-refractivity contribution is 6.09. The molecule has 1 aliphatic rings. The number of anilines is 2. The van der Waals surface area contributed by atoms with E-state index in [1.165, 1.54) is 24.3 Å². The van der Waals surface area contributed by atoms with Crippen molar-refractivity contribution in [2.45, 2.75) is 6.42 Å². The lowest BCUT2D eigenvalue weighted by atomic mass is 10.1. The molecule has 0 atom stereocenters. The number of nitrogens with zero attached hydrogens (tertiary/aromatic N) is 1. The highest BCUT2D eigenvalue weighted by Crippen LogP contribution is 2.34. The number of nitrogen functional groups attached to an aromatic ring is 1. The van der Waals surface area contributed by atoms with Gasteiger partial charge in [-0.1, -0.05) is 12.1 Å². The zero-order valence-corrected chi connectivity index (χ0v) is 10.3. The van der Waals surface area contributed by atoms with Crippen molar-refractivity contribution in [3.63, 3.8) is 0 Å². The molecular formula is C15H13FN2O. The topological polar surface area (TPSA) is 46.3 Å². The number of amides is 1. The summed E-state index contributed by atoms with van der Waals surface area (Å²) in [6.45, 7) is 0.611. The first kappa shape index (κ1) is 11.7. The summed E-state index contributed by atoms with van der Waals surface area (Å²) in [6, 6.07) is 11.2. The molecule has 2 aromatic carbocycles. The van der Waals surface area contributed by atoms with E-state index in [1.54, 1.807) is 11.0 Å². The molecule has 1 aliphatic heterocycles. The van der Waals surface area contributed by atoms with Gasteiger partial charge in [0.15, 0.2) is 0 Å². The van der Waals surface area contributed by atoms with E-state index in [-0.39, 0.29) is 11.7 Å². The Morgan fingerprint density at radius 3 is 2.63 bits per heavy atom. The van der Waals surface area contributed by atoms with Gasteiger partial charge in [-0.05, 0) is 42.3 Å². The SMILES string of the molecule is Nc1cccc2c1N(C(=O)c1ccc(F)cc1)CC2.